The Bertz CT molecular complexity index is 633. The quantitative estimate of drug-likeness (QED) is 0.897. The van der Waals surface area contributed by atoms with Crippen molar-refractivity contribution in [1.82, 2.24) is 15.3 Å². The summed E-state index contributed by atoms with van der Waals surface area (Å²) < 4.78 is 0. The predicted molar refractivity (Wildman–Crippen MR) is 86.2 cm³/mol. The second kappa shape index (κ2) is 6.53. The summed E-state index contributed by atoms with van der Waals surface area (Å²) in [5.41, 5.74) is 2.49. The maximum absolute atomic E-state index is 12.1. The van der Waals surface area contributed by atoms with Crippen LogP contribution in [0.4, 0.5) is 11.5 Å². The summed E-state index contributed by atoms with van der Waals surface area (Å²) in [6.07, 6.45) is 3.37. The lowest BCUT2D eigenvalue weighted by Crippen LogP contribution is -2.43. The lowest BCUT2D eigenvalue weighted by atomic mass is 10.2. The molecule has 0 aliphatic carbocycles. The monoisotopic (exact) mass is 297 g/mol. The van der Waals surface area contributed by atoms with E-state index in [0.29, 0.717) is 11.4 Å². The van der Waals surface area contributed by atoms with Crippen LogP contribution in [0.25, 0.3) is 0 Å². The zero-order chi connectivity index (χ0) is 15.4. The van der Waals surface area contributed by atoms with Gasteiger partial charge >= 0.3 is 0 Å². The maximum Gasteiger partial charge on any atom is 0.258 e. The number of nitrogens with one attached hydrogen (secondary N) is 2. The molecule has 114 valence electrons. The van der Waals surface area contributed by atoms with Crippen LogP contribution < -0.4 is 15.5 Å². The van der Waals surface area contributed by atoms with Gasteiger partial charge < -0.3 is 15.5 Å². The number of piperazine rings is 1. The van der Waals surface area contributed by atoms with Crippen LogP contribution in [-0.2, 0) is 0 Å². The van der Waals surface area contributed by atoms with Gasteiger partial charge in [0.25, 0.3) is 5.91 Å². The molecule has 2 aromatic heterocycles. The van der Waals surface area contributed by atoms with Gasteiger partial charge in [0.1, 0.15) is 5.82 Å². The SMILES string of the molecule is Cc1ccc(C(=O)Nc2ccc(N3CCNCC3)cn2)cn1. The number of hydrogen-bond donors (Lipinski definition) is 2. The number of amides is 1. The smallest absolute Gasteiger partial charge is 0.258 e. The van der Waals surface area contributed by atoms with Crippen LogP contribution in [0.3, 0.4) is 0 Å². The number of aryl methyl sites for hydroxylation is 1. The Morgan fingerprint density at radius 3 is 2.59 bits per heavy atom. The minimum Gasteiger partial charge on any atom is -0.368 e. The highest BCUT2D eigenvalue weighted by Gasteiger charge is 2.11. The Kier molecular flexibility index (Phi) is 4.29. The molecule has 0 radical (unpaired) electrons. The number of anilines is 2. The van der Waals surface area contributed by atoms with E-state index >= 15 is 0 Å². The van der Waals surface area contributed by atoms with Crippen molar-refractivity contribution in [2.75, 3.05) is 36.4 Å². The molecule has 2 aromatic rings. The second-order valence-corrected chi connectivity index (χ2v) is 5.28. The average Bonchev–Trinajstić information content (AvgIpc) is 2.57. The highest BCUT2D eigenvalue weighted by molar-refractivity contribution is 6.03. The molecule has 22 heavy (non-hydrogen) atoms. The Balaban J connectivity index is 1.65. The van der Waals surface area contributed by atoms with Gasteiger partial charge in [0.05, 0.1) is 17.4 Å². The molecule has 0 spiro atoms. The fourth-order valence-electron chi connectivity index (χ4n) is 2.36. The number of carbonyl (C=O) groups excluding carboxylic acids is 1. The van der Waals surface area contributed by atoms with Crippen molar-refractivity contribution < 1.29 is 4.79 Å². The molecule has 1 saturated heterocycles. The fraction of sp³-hybridized carbons (Fsp3) is 0.312. The van der Waals surface area contributed by atoms with Crippen LogP contribution in [0, 0.1) is 6.92 Å². The topological polar surface area (TPSA) is 70.2 Å². The van der Waals surface area contributed by atoms with E-state index in [1.54, 1.807) is 18.5 Å². The van der Waals surface area contributed by atoms with Crippen LogP contribution in [-0.4, -0.2) is 42.1 Å². The molecule has 1 aliphatic rings. The van der Waals surface area contributed by atoms with Gasteiger partial charge in [-0.3, -0.25) is 9.78 Å². The third-order valence-corrected chi connectivity index (χ3v) is 3.65. The predicted octanol–water partition coefficient (Wildman–Crippen LogP) is 1.45. The standard InChI is InChI=1S/C16H19N5O/c1-12-2-3-13(10-18-12)16(22)20-15-5-4-14(11-19-15)21-8-6-17-7-9-21/h2-5,10-11,17H,6-9H2,1H3,(H,19,20,22). The lowest BCUT2D eigenvalue weighted by molar-refractivity contribution is 0.102. The molecule has 0 bridgehead atoms. The van der Waals surface area contributed by atoms with E-state index in [-0.39, 0.29) is 5.91 Å². The van der Waals surface area contributed by atoms with Gasteiger partial charge in [-0.2, -0.15) is 0 Å². The van der Waals surface area contributed by atoms with E-state index in [1.165, 1.54) is 0 Å². The minimum absolute atomic E-state index is 0.199. The Hall–Kier alpha value is -2.47. The summed E-state index contributed by atoms with van der Waals surface area (Å²) in [6, 6.07) is 7.39. The van der Waals surface area contributed by atoms with Crippen LogP contribution in [0.5, 0.6) is 0 Å². The van der Waals surface area contributed by atoms with Crippen molar-refractivity contribution in [3.8, 4) is 0 Å². The lowest BCUT2D eigenvalue weighted by Gasteiger charge is -2.29. The van der Waals surface area contributed by atoms with Crippen molar-refractivity contribution in [1.29, 1.82) is 0 Å². The van der Waals surface area contributed by atoms with E-state index in [4.69, 9.17) is 0 Å². The number of hydrogen-bond acceptors (Lipinski definition) is 5. The highest BCUT2D eigenvalue weighted by Crippen LogP contribution is 2.16. The second-order valence-electron chi connectivity index (χ2n) is 5.28. The summed E-state index contributed by atoms with van der Waals surface area (Å²) in [5, 5.41) is 6.11. The van der Waals surface area contributed by atoms with Crippen molar-refractivity contribution >= 4 is 17.4 Å². The van der Waals surface area contributed by atoms with E-state index in [9.17, 15) is 4.79 Å². The first kappa shape index (κ1) is 14.5. The number of nitrogens with zero attached hydrogens (tertiary/aromatic N) is 3. The van der Waals surface area contributed by atoms with Gasteiger partial charge in [0.15, 0.2) is 0 Å². The molecular weight excluding hydrogens is 278 g/mol. The molecule has 3 heterocycles. The van der Waals surface area contributed by atoms with E-state index in [0.717, 1.165) is 37.6 Å². The number of carbonyl (C=O) groups is 1. The molecule has 6 heteroatoms. The van der Waals surface area contributed by atoms with Crippen molar-refractivity contribution in [2.24, 2.45) is 0 Å². The van der Waals surface area contributed by atoms with Gasteiger partial charge in [-0.15, -0.1) is 0 Å². The molecule has 3 rings (SSSR count). The zero-order valence-electron chi connectivity index (χ0n) is 12.5. The number of rotatable bonds is 3. The van der Waals surface area contributed by atoms with Gasteiger partial charge in [-0.05, 0) is 31.2 Å². The van der Waals surface area contributed by atoms with E-state index in [1.807, 2.05) is 25.1 Å². The molecule has 6 nitrogen and oxygen atoms in total. The normalized spacial score (nSPS) is 14.7. The third kappa shape index (κ3) is 3.40. The molecule has 0 saturated carbocycles. The molecule has 0 aromatic carbocycles. The first-order valence-electron chi connectivity index (χ1n) is 7.38. The van der Waals surface area contributed by atoms with Crippen LogP contribution in [0.1, 0.15) is 16.1 Å². The average molecular weight is 297 g/mol. The van der Waals surface area contributed by atoms with E-state index < -0.39 is 0 Å². The first-order valence-corrected chi connectivity index (χ1v) is 7.38. The number of aromatic nitrogens is 2. The summed E-state index contributed by atoms with van der Waals surface area (Å²) in [5.74, 6) is 0.347. The maximum atomic E-state index is 12.1. The third-order valence-electron chi connectivity index (χ3n) is 3.65. The van der Waals surface area contributed by atoms with Crippen molar-refractivity contribution in [3.05, 3.63) is 47.9 Å². The van der Waals surface area contributed by atoms with Crippen LogP contribution >= 0.6 is 0 Å². The Labute approximate surface area is 129 Å². The summed E-state index contributed by atoms with van der Waals surface area (Å²) in [4.78, 5) is 22.8. The van der Waals surface area contributed by atoms with Crippen LogP contribution in [0.15, 0.2) is 36.7 Å². The molecule has 0 unspecified atom stereocenters. The van der Waals surface area contributed by atoms with Gasteiger partial charge in [0.2, 0.25) is 0 Å². The van der Waals surface area contributed by atoms with Gasteiger partial charge in [-0.25, -0.2) is 4.98 Å². The minimum atomic E-state index is -0.199. The van der Waals surface area contributed by atoms with Crippen LogP contribution in [0.2, 0.25) is 0 Å². The molecular formula is C16H19N5O. The molecule has 1 fully saturated rings. The van der Waals surface area contributed by atoms with E-state index in [2.05, 4.69) is 25.5 Å². The van der Waals surface area contributed by atoms with Crippen molar-refractivity contribution in [3.63, 3.8) is 0 Å². The molecule has 1 amide bonds. The zero-order valence-corrected chi connectivity index (χ0v) is 12.5. The van der Waals surface area contributed by atoms with Gasteiger partial charge in [0, 0.05) is 38.1 Å². The highest BCUT2D eigenvalue weighted by atomic mass is 16.1. The van der Waals surface area contributed by atoms with Gasteiger partial charge in [-0.1, -0.05) is 0 Å². The molecule has 1 aliphatic heterocycles. The number of pyridine rings is 2. The Morgan fingerprint density at radius 1 is 1.14 bits per heavy atom. The summed E-state index contributed by atoms with van der Waals surface area (Å²) in [6.45, 7) is 5.81. The molecule has 2 N–H and O–H groups in total. The fourth-order valence-corrected chi connectivity index (χ4v) is 2.36. The molecule has 0 atom stereocenters. The Morgan fingerprint density at radius 2 is 1.95 bits per heavy atom. The van der Waals surface area contributed by atoms with Crippen molar-refractivity contribution in [2.45, 2.75) is 6.92 Å². The summed E-state index contributed by atoms with van der Waals surface area (Å²) in [7, 11) is 0. The first-order chi connectivity index (χ1) is 10.7. The largest absolute Gasteiger partial charge is 0.368 e. The summed E-state index contributed by atoms with van der Waals surface area (Å²) >= 11 is 0.